The van der Waals surface area contributed by atoms with E-state index >= 15 is 0 Å². The first-order valence-corrected chi connectivity index (χ1v) is 12.0. The largest absolute Gasteiger partial charge is 0.344 e. The highest BCUT2D eigenvalue weighted by molar-refractivity contribution is 5.92. The summed E-state index contributed by atoms with van der Waals surface area (Å²) in [6.45, 7) is 5.11. The molecule has 10 nitrogen and oxygen atoms in total. The lowest BCUT2D eigenvalue weighted by Crippen LogP contribution is -2.30. The second-order valence-electron chi connectivity index (χ2n) is 9.35. The van der Waals surface area contributed by atoms with Crippen molar-refractivity contribution in [2.24, 2.45) is 0 Å². The first-order chi connectivity index (χ1) is 16.6. The molecule has 6 heterocycles. The fraction of sp³-hybridized carbons (Fsp3) is 0.458. The first kappa shape index (κ1) is 21.0. The number of aromatic nitrogens is 7. The molecule has 4 aromatic rings. The topological polar surface area (TPSA) is 110 Å². The highest BCUT2D eigenvalue weighted by Crippen LogP contribution is 2.32. The monoisotopic (exact) mass is 459 g/mol. The van der Waals surface area contributed by atoms with E-state index in [1.54, 1.807) is 11.1 Å². The lowest BCUT2D eigenvalue weighted by Gasteiger charge is -2.23. The summed E-state index contributed by atoms with van der Waals surface area (Å²) >= 11 is 0. The van der Waals surface area contributed by atoms with Crippen LogP contribution < -0.4 is 5.32 Å². The maximum atomic E-state index is 12.9. The van der Waals surface area contributed by atoms with Gasteiger partial charge in [0.05, 0.1) is 35.9 Å². The standard InChI is InChI=1S/C24H29N9O/c1-15-18-12-32(29-15)9-3-4-22(34)31(2)14-21-19(13-33(30-21)16-5-7-25-8-6-16)20-11-27-24-23(28-20)17(18)10-26-24/h10-13,16,25H,3-9,14H2,1-2H3,(H,26,27). The Labute approximate surface area is 197 Å². The van der Waals surface area contributed by atoms with Gasteiger partial charge in [-0.2, -0.15) is 10.2 Å². The highest BCUT2D eigenvalue weighted by atomic mass is 16.2. The van der Waals surface area contributed by atoms with E-state index in [-0.39, 0.29) is 5.91 Å². The lowest BCUT2D eigenvalue weighted by molar-refractivity contribution is -0.130. The number of piperidine rings is 1. The molecule has 176 valence electrons. The number of hydrogen-bond donors (Lipinski definition) is 2. The molecule has 2 aliphatic rings. The molecule has 10 heteroatoms. The fourth-order valence-electron chi connectivity index (χ4n) is 5.04. The number of nitrogens with one attached hydrogen (secondary N) is 2. The van der Waals surface area contributed by atoms with E-state index in [1.807, 2.05) is 31.0 Å². The number of carbonyl (C=O) groups excluding carboxylic acids is 1. The number of nitrogens with zero attached hydrogens (tertiary/aromatic N) is 7. The molecule has 0 atom stereocenters. The maximum absolute atomic E-state index is 12.9. The van der Waals surface area contributed by atoms with Crippen LogP contribution in [0.25, 0.3) is 33.5 Å². The highest BCUT2D eigenvalue weighted by Gasteiger charge is 2.23. The van der Waals surface area contributed by atoms with Crippen molar-refractivity contribution in [1.29, 1.82) is 0 Å². The molecule has 4 aromatic heterocycles. The first-order valence-electron chi connectivity index (χ1n) is 12.0. The maximum Gasteiger partial charge on any atom is 0.222 e. The number of H-pyrrole nitrogens is 1. The quantitative estimate of drug-likeness (QED) is 0.453. The van der Waals surface area contributed by atoms with Gasteiger partial charge < -0.3 is 15.2 Å². The predicted octanol–water partition coefficient (Wildman–Crippen LogP) is 2.67. The van der Waals surface area contributed by atoms with E-state index in [2.05, 4.69) is 31.3 Å². The summed E-state index contributed by atoms with van der Waals surface area (Å²) in [6, 6.07) is 0.341. The average molecular weight is 460 g/mol. The van der Waals surface area contributed by atoms with Gasteiger partial charge in [0.25, 0.3) is 0 Å². The molecule has 34 heavy (non-hydrogen) atoms. The van der Waals surface area contributed by atoms with Crippen LogP contribution in [0, 0.1) is 6.92 Å². The molecule has 0 saturated carbocycles. The van der Waals surface area contributed by atoms with Crippen LogP contribution in [0.4, 0.5) is 0 Å². The molecule has 1 saturated heterocycles. The van der Waals surface area contributed by atoms with E-state index in [0.29, 0.717) is 25.6 Å². The minimum absolute atomic E-state index is 0.106. The zero-order valence-electron chi connectivity index (χ0n) is 19.6. The molecule has 6 rings (SSSR count). The Balaban J connectivity index is 1.51. The number of hydrogen-bond acceptors (Lipinski definition) is 6. The molecule has 0 unspecified atom stereocenters. The Morgan fingerprint density at radius 1 is 1.09 bits per heavy atom. The number of aryl methyl sites for hydroxylation is 2. The Morgan fingerprint density at radius 3 is 2.79 bits per heavy atom. The van der Waals surface area contributed by atoms with Crippen LogP contribution in [0.5, 0.6) is 0 Å². The van der Waals surface area contributed by atoms with Gasteiger partial charge in [-0.15, -0.1) is 0 Å². The van der Waals surface area contributed by atoms with Gasteiger partial charge in [0, 0.05) is 55.3 Å². The van der Waals surface area contributed by atoms with Gasteiger partial charge in [-0.1, -0.05) is 0 Å². The van der Waals surface area contributed by atoms with Gasteiger partial charge in [0.2, 0.25) is 5.91 Å². The molecule has 1 fully saturated rings. The molecule has 0 aliphatic carbocycles. The summed E-state index contributed by atoms with van der Waals surface area (Å²) in [4.78, 5) is 27.6. The number of aromatic amines is 1. The summed E-state index contributed by atoms with van der Waals surface area (Å²) in [5.74, 6) is 0.106. The van der Waals surface area contributed by atoms with Crippen molar-refractivity contribution in [1.82, 2.24) is 44.7 Å². The third-order valence-corrected chi connectivity index (χ3v) is 6.98. The van der Waals surface area contributed by atoms with Crippen molar-refractivity contribution in [3.63, 3.8) is 0 Å². The van der Waals surface area contributed by atoms with Crippen molar-refractivity contribution in [3.05, 3.63) is 36.2 Å². The summed E-state index contributed by atoms with van der Waals surface area (Å²) in [7, 11) is 1.85. The summed E-state index contributed by atoms with van der Waals surface area (Å²) in [5, 5.41) is 13.1. The smallest absolute Gasteiger partial charge is 0.222 e. The zero-order valence-corrected chi connectivity index (χ0v) is 19.6. The van der Waals surface area contributed by atoms with Crippen molar-refractivity contribution in [3.8, 4) is 22.4 Å². The molecule has 4 bridgehead atoms. The van der Waals surface area contributed by atoms with Gasteiger partial charge >= 0.3 is 0 Å². The second-order valence-corrected chi connectivity index (χ2v) is 9.35. The summed E-state index contributed by atoms with van der Waals surface area (Å²) in [6.07, 6.45) is 11.2. The van der Waals surface area contributed by atoms with Crippen LogP contribution in [-0.4, -0.2) is 65.5 Å². The minimum atomic E-state index is 0.106. The van der Waals surface area contributed by atoms with Crippen molar-refractivity contribution < 1.29 is 4.79 Å². The van der Waals surface area contributed by atoms with Crippen molar-refractivity contribution in [2.75, 3.05) is 20.1 Å². The van der Waals surface area contributed by atoms with Crippen LogP contribution in [0.2, 0.25) is 0 Å². The van der Waals surface area contributed by atoms with E-state index in [9.17, 15) is 4.79 Å². The number of carbonyl (C=O) groups is 1. The van der Waals surface area contributed by atoms with Crippen LogP contribution in [0.1, 0.15) is 43.1 Å². The van der Waals surface area contributed by atoms with E-state index in [4.69, 9.17) is 10.1 Å². The van der Waals surface area contributed by atoms with Gasteiger partial charge in [-0.3, -0.25) is 14.2 Å². The molecular formula is C24H29N9O. The zero-order chi connectivity index (χ0) is 23.2. The van der Waals surface area contributed by atoms with E-state index in [1.165, 1.54) is 0 Å². The Bertz CT molecular complexity index is 1360. The fourth-order valence-corrected chi connectivity index (χ4v) is 5.04. The van der Waals surface area contributed by atoms with Gasteiger partial charge in [0.1, 0.15) is 5.52 Å². The average Bonchev–Trinajstić information content (AvgIpc) is 3.55. The van der Waals surface area contributed by atoms with Crippen molar-refractivity contribution >= 4 is 17.1 Å². The van der Waals surface area contributed by atoms with Gasteiger partial charge in [-0.25, -0.2) is 9.97 Å². The summed E-state index contributed by atoms with van der Waals surface area (Å²) in [5.41, 5.74) is 7.08. The minimum Gasteiger partial charge on any atom is -0.344 e. The molecule has 0 radical (unpaired) electrons. The Morgan fingerprint density at radius 2 is 1.94 bits per heavy atom. The third kappa shape index (κ3) is 3.67. The Kier molecular flexibility index (Phi) is 5.17. The third-order valence-electron chi connectivity index (χ3n) is 6.98. The lowest BCUT2D eigenvalue weighted by atomic mass is 10.1. The number of rotatable bonds is 1. The molecule has 1 amide bonds. The van der Waals surface area contributed by atoms with E-state index in [0.717, 1.165) is 77.3 Å². The normalized spacial score (nSPS) is 17.7. The van der Waals surface area contributed by atoms with Crippen LogP contribution in [0.15, 0.2) is 24.8 Å². The van der Waals surface area contributed by atoms with Crippen LogP contribution >= 0.6 is 0 Å². The second kappa shape index (κ2) is 8.35. The molecular weight excluding hydrogens is 430 g/mol. The molecule has 2 aliphatic heterocycles. The molecule has 0 aromatic carbocycles. The number of amides is 1. The summed E-state index contributed by atoms with van der Waals surface area (Å²) < 4.78 is 4.00. The van der Waals surface area contributed by atoms with Gasteiger partial charge in [-0.05, 0) is 39.3 Å². The molecule has 0 spiro atoms. The van der Waals surface area contributed by atoms with Crippen molar-refractivity contribution in [2.45, 2.75) is 51.7 Å². The van der Waals surface area contributed by atoms with E-state index < -0.39 is 0 Å². The SMILES string of the molecule is Cc1nn2cc1-c1c[nH]c3ncc(nc13)-c1cn(C3CCNCC3)nc1CN(C)C(=O)CCC2. The van der Waals surface area contributed by atoms with Crippen LogP contribution in [0.3, 0.4) is 0 Å². The Hall–Kier alpha value is -3.53. The van der Waals surface area contributed by atoms with Crippen LogP contribution in [-0.2, 0) is 17.9 Å². The molecule has 2 N–H and O–H groups in total. The predicted molar refractivity (Wildman–Crippen MR) is 128 cm³/mol. The van der Waals surface area contributed by atoms with Gasteiger partial charge in [0.15, 0.2) is 5.65 Å². The number of fused-ring (bicyclic) bond motifs is 6.